The van der Waals surface area contributed by atoms with E-state index < -0.39 is 8.22 Å². The summed E-state index contributed by atoms with van der Waals surface area (Å²) in [6.07, 6.45) is 0. The summed E-state index contributed by atoms with van der Waals surface area (Å²) in [7, 11) is -0.447. The molecule has 0 aliphatic rings. The lowest BCUT2D eigenvalue weighted by Crippen LogP contribution is -2.28. The molecule has 0 N–H and O–H groups in total. The average molecular weight is 256 g/mol. The molecule has 0 aromatic rings. The Kier molecular flexibility index (Phi) is 8.05. The fourth-order valence-electron chi connectivity index (χ4n) is 1.52. The van der Waals surface area contributed by atoms with E-state index in [0.717, 1.165) is 26.2 Å². The van der Waals surface area contributed by atoms with E-state index >= 15 is 0 Å². The molecule has 0 rings (SSSR count). The SMILES string of the molecule is CCN(CC)P(C#CC(C)(C)C)N(CC)CC. The second kappa shape index (κ2) is 8.09. The van der Waals surface area contributed by atoms with Crippen LogP contribution in [-0.2, 0) is 0 Å². The van der Waals surface area contributed by atoms with Crippen molar-refractivity contribution in [2.75, 3.05) is 26.2 Å². The Hall–Kier alpha value is -0.0900. The van der Waals surface area contributed by atoms with Crippen molar-refractivity contribution in [2.45, 2.75) is 48.5 Å². The van der Waals surface area contributed by atoms with Gasteiger partial charge in [-0.15, -0.1) is 0 Å². The molecule has 0 fully saturated rings. The van der Waals surface area contributed by atoms with Gasteiger partial charge in [0.1, 0.15) is 8.22 Å². The van der Waals surface area contributed by atoms with Gasteiger partial charge in [-0.05, 0) is 26.4 Å². The molecule has 0 aromatic carbocycles. The predicted octanol–water partition coefficient (Wildman–Crippen LogP) is 3.99. The summed E-state index contributed by atoms with van der Waals surface area (Å²) >= 11 is 0. The molecule has 0 atom stereocenters. The Bertz CT molecular complexity index is 240. The Balaban J connectivity index is 5.00. The molecular formula is C14H29N2P. The highest BCUT2D eigenvalue weighted by Gasteiger charge is 2.20. The van der Waals surface area contributed by atoms with Crippen molar-refractivity contribution in [1.82, 2.24) is 9.34 Å². The van der Waals surface area contributed by atoms with Crippen LogP contribution < -0.4 is 0 Å². The molecule has 3 heteroatoms. The number of hydrogen-bond acceptors (Lipinski definition) is 2. The number of hydrogen-bond donors (Lipinski definition) is 0. The molecule has 0 aliphatic heterocycles. The lowest BCUT2D eigenvalue weighted by atomic mass is 9.99. The van der Waals surface area contributed by atoms with Gasteiger partial charge < -0.3 is 0 Å². The van der Waals surface area contributed by atoms with Gasteiger partial charge in [0, 0.05) is 31.6 Å². The van der Waals surface area contributed by atoms with Crippen LogP contribution in [0.5, 0.6) is 0 Å². The first kappa shape index (κ1) is 16.9. The molecule has 0 radical (unpaired) electrons. The quantitative estimate of drug-likeness (QED) is 0.524. The molecule has 0 saturated carbocycles. The second-order valence-corrected chi connectivity index (χ2v) is 6.99. The van der Waals surface area contributed by atoms with Crippen LogP contribution >= 0.6 is 8.22 Å². The molecule has 0 bridgehead atoms. The van der Waals surface area contributed by atoms with Gasteiger partial charge in [-0.1, -0.05) is 33.6 Å². The molecule has 0 amide bonds. The van der Waals surface area contributed by atoms with Gasteiger partial charge in [-0.2, -0.15) is 0 Å². The van der Waals surface area contributed by atoms with E-state index in [1.165, 1.54) is 0 Å². The van der Waals surface area contributed by atoms with Crippen molar-refractivity contribution in [3.8, 4) is 11.6 Å². The van der Waals surface area contributed by atoms with Crippen LogP contribution in [0.3, 0.4) is 0 Å². The van der Waals surface area contributed by atoms with Gasteiger partial charge in [-0.25, -0.2) is 0 Å². The smallest absolute Gasteiger partial charge is 0.121 e. The van der Waals surface area contributed by atoms with E-state index in [2.05, 4.69) is 69.4 Å². The van der Waals surface area contributed by atoms with Crippen LogP contribution in [0.4, 0.5) is 0 Å². The average Bonchev–Trinajstić information content (AvgIpc) is 2.26. The lowest BCUT2D eigenvalue weighted by Gasteiger charge is -2.33. The van der Waals surface area contributed by atoms with Crippen LogP contribution in [0.25, 0.3) is 0 Å². The minimum Gasteiger partial charge on any atom is -0.260 e. The van der Waals surface area contributed by atoms with Crippen molar-refractivity contribution in [3.63, 3.8) is 0 Å². The molecule has 0 spiro atoms. The Morgan fingerprint density at radius 1 is 0.824 bits per heavy atom. The lowest BCUT2D eigenvalue weighted by molar-refractivity contribution is 0.430. The van der Waals surface area contributed by atoms with Crippen LogP contribution in [0, 0.1) is 17.0 Å². The summed E-state index contributed by atoms with van der Waals surface area (Å²) in [5, 5.41) is 0. The first-order chi connectivity index (χ1) is 7.89. The molecule has 2 nitrogen and oxygen atoms in total. The zero-order valence-corrected chi connectivity index (χ0v) is 13.6. The van der Waals surface area contributed by atoms with E-state index in [4.69, 9.17) is 0 Å². The van der Waals surface area contributed by atoms with Crippen molar-refractivity contribution in [1.29, 1.82) is 0 Å². The number of rotatable bonds is 6. The zero-order chi connectivity index (χ0) is 13.5. The van der Waals surface area contributed by atoms with Crippen LogP contribution in [0.1, 0.15) is 48.5 Å². The normalized spacial score (nSPS) is 12.1. The first-order valence-corrected chi connectivity index (χ1v) is 7.96. The predicted molar refractivity (Wildman–Crippen MR) is 80.0 cm³/mol. The third kappa shape index (κ3) is 6.41. The molecule has 17 heavy (non-hydrogen) atoms. The molecule has 100 valence electrons. The topological polar surface area (TPSA) is 6.48 Å². The van der Waals surface area contributed by atoms with E-state index in [1.54, 1.807) is 0 Å². The summed E-state index contributed by atoms with van der Waals surface area (Å²) in [6, 6.07) is 0. The molecule has 0 aromatic heterocycles. The highest BCUT2D eigenvalue weighted by atomic mass is 31.1. The molecule has 0 saturated heterocycles. The van der Waals surface area contributed by atoms with Crippen molar-refractivity contribution in [3.05, 3.63) is 0 Å². The third-order valence-electron chi connectivity index (χ3n) is 2.53. The summed E-state index contributed by atoms with van der Waals surface area (Å²) in [6.45, 7) is 19.8. The van der Waals surface area contributed by atoms with E-state index in [1.807, 2.05) is 0 Å². The summed E-state index contributed by atoms with van der Waals surface area (Å²) in [5.74, 6) is 3.42. The molecule has 0 heterocycles. The standard InChI is InChI=1S/C14H29N2P/c1-8-15(9-2)17(16(10-3)11-4)13-12-14(5,6)7/h8-11H2,1-7H3. The van der Waals surface area contributed by atoms with Crippen LogP contribution in [-0.4, -0.2) is 35.5 Å². The first-order valence-electron chi connectivity index (χ1n) is 6.72. The monoisotopic (exact) mass is 256 g/mol. The zero-order valence-electron chi connectivity index (χ0n) is 12.7. The molecular weight excluding hydrogens is 227 g/mol. The summed E-state index contributed by atoms with van der Waals surface area (Å²) in [4.78, 5) is 0. The van der Waals surface area contributed by atoms with Crippen molar-refractivity contribution >= 4 is 8.22 Å². The largest absolute Gasteiger partial charge is 0.260 e. The molecule has 0 unspecified atom stereocenters. The minimum absolute atomic E-state index is 0.0981. The van der Waals surface area contributed by atoms with Gasteiger partial charge in [0.15, 0.2) is 0 Å². The summed E-state index contributed by atoms with van der Waals surface area (Å²) < 4.78 is 4.97. The van der Waals surface area contributed by atoms with Crippen molar-refractivity contribution in [2.24, 2.45) is 5.41 Å². The number of nitrogens with zero attached hydrogens (tertiary/aromatic N) is 2. The van der Waals surface area contributed by atoms with Gasteiger partial charge >= 0.3 is 0 Å². The minimum atomic E-state index is -0.447. The van der Waals surface area contributed by atoms with Gasteiger partial charge in [0.05, 0.1) is 0 Å². The van der Waals surface area contributed by atoms with Crippen LogP contribution in [0.15, 0.2) is 0 Å². The van der Waals surface area contributed by atoms with Gasteiger partial charge in [-0.3, -0.25) is 9.34 Å². The maximum Gasteiger partial charge on any atom is 0.121 e. The Morgan fingerprint density at radius 3 is 1.41 bits per heavy atom. The fraction of sp³-hybridized carbons (Fsp3) is 0.857. The fourth-order valence-corrected chi connectivity index (χ4v) is 3.67. The Labute approximate surface area is 110 Å². The van der Waals surface area contributed by atoms with Gasteiger partial charge in [0.2, 0.25) is 0 Å². The molecule has 0 aliphatic carbocycles. The Morgan fingerprint density at radius 2 is 1.18 bits per heavy atom. The van der Waals surface area contributed by atoms with E-state index in [0.29, 0.717) is 0 Å². The summed E-state index contributed by atoms with van der Waals surface area (Å²) in [5.41, 5.74) is 3.63. The van der Waals surface area contributed by atoms with Crippen LogP contribution in [0.2, 0.25) is 0 Å². The van der Waals surface area contributed by atoms with Gasteiger partial charge in [0.25, 0.3) is 0 Å². The van der Waals surface area contributed by atoms with E-state index in [-0.39, 0.29) is 5.41 Å². The van der Waals surface area contributed by atoms with E-state index in [9.17, 15) is 0 Å². The maximum absolute atomic E-state index is 3.53. The highest BCUT2D eigenvalue weighted by molar-refractivity contribution is 7.58. The highest BCUT2D eigenvalue weighted by Crippen LogP contribution is 2.42. The second-order valence-electron chi connectivity index (χ2n) is 5.05. The maximum atomic E-state index is 3.53. The third-order valence-corrected chi connectivity index (χ3v) is 5.04. The van der Waals surface area contributed by atoms with Crippen molar-refractivity contribution < 1.29 is 0 Å².